The molecule has 1 fully saturated rings. The highest BCUT2D eigenvalue weighted by Crippen LogP contribution is 2.26. The predicted octanol–water partition coefficient (Wildman–Crippen LogP) is 1.04. The molecular formula is C7H9N3S. The Bertz CT molecular complexity index is 257. The van der Waals surface area contributed by atoms with E-state index in [-0.39, 0.29) is 0 Å². The average Bonchev–Trinajstić information content (AvgIpc) is 2.36. The van der Waals surface area contributed by atoms with Crippen molar-refractivity contribution in [1.82, 2.24) is 9.59 Å². The monoisotopic (exact) mass is 167 g/mol. The first kappa shape index (κ1) is 6.94. The summed E-state index contributed by atoms with van der Waals surface area (Å²) in [6, 6.07) is 0.382. The molecule has 1 aliphatic rings. The van der Waals surface area contributed by atoms with E-state index in [4.69, 9.17) is 5.73 Å². The van der Waals surface area contributed by atoms with Crippen molar-refractivity contribution >= 4 is 17.6 Å². The van der Waals surface area contributed by atoms with Crippen LogP contribution in [0.15, 0.2) is 11.0 Å². The van der Waals surface area contributed by atoms with Gasteiger partial charge in [-0.1, -0.05) is 10.1 Å². The summed E-state index contributed by atoms with van der Waals surface area (Å²) < 4.78 is 3.77. The summed E-state index contributed by atoms with van der Waals surface area (Å²) in [5, 5.41) is 5.86. The largest absolute Gasteiger partial charge is 0.327 e. The first-order valence-electron chi connectivity index (χ1n) is 3.56. The normalized spacial score (nSPS) is 23.0. The first-order valence-corrected chi connectivity index (χ1v) is 4.40. The summed E-state index contributed by atoms with van der Waals surface area (Å²) in [4.78, 5) is 0. The highest BCUT2D eigenvalue weighted by molar-refractivity contribution is 7.03. The van der Waals surface area contributed by atoms with Crippen molar-refractivity contribution < 1.29 is 0 Å². The summed E-state index contributed by atoms with van der Waals surface area (Å²) in [5.41, 5.74) is 7.99. The topological polar surface area (TPSA) is 51.8 Å². The Morgan fingerprint density at radius 2 is 2.45 bits per heavy atom. The van der Waals surface area contributed by atoms with Crippen LogP contribution >= 0.6 is 11.5 Å². The van der Waals surface area contributed by atoms with E-state index in [9.17, 15) is 0 Å². The zero-order valence-corrected chi connectivity index (χ0v) is 6.84. The molecule has 0 radical (unpaired) electrons. The van der Waals surface area contributed by atoms with Gasteiger partial charge in [-0.3, -0.25) is 0 Å². The molecule has 0 aliphatic heterocycles. The maximum absolute atomic E-state index is 5.62. The molecule has 2 rings (SSSR count). The molecule has 0 spiro atoms. The second-order valence-electron chi connectivity index (χ2n) is 2.80. The average molecular weight is 167 g/mol. The van der Waals surface area contributed by atoms with Crippen molar-refractivity contribution in [2.24, 2.45) is 5.73 Å². The Morgan fingerprint density at radius 1 is 1.64 bits per heavy atom. The predicted molar refractivity (Wildman–Crippen MR) is 45.1 cm³/mol. The highest BCUT2D eigenvalue weighted by atomic mass is 32.1. The van der Waals surface area contributed by atoms with Gasteiger partial charge >= 0.3 is 0 Å². The smallest absolute Gasteiger partial charge is 0.0981 e. The fourth-order valence-electron chi connectivity index (χ4n) is 1.18. The first-order chi connectivity index (χ1) is 5.34. The van der Waals surface area contributed by atoms with Crippen molar-refractivity contribution in [3.05, 3.63) is 16.6 Å². The van der Waals surface area contributed by atoms with Crippen LogP contribution in [0.2, 0.25) is 0 Å². The van der Waals surface area contributed by atoms with E-state index in [2.05, 4.69) is 15.7 Å². The summed E-state index contributed by atoms with van der Waals surface area (Å²) >= 11 is 1.38. The summed E-state index contributed by atoms with van der Waals surface area (Å²) in [5.74, 6) is 0. The zero-order valence-electron chi connectivity index (χ0n) is 6.03. The number of hydrogen-bond acceptors (Lipinski definition) is 4. The van der Waals surface area contributed by atoms with Crippen LogP contribution in [0.5, 0.6) is 0 Å². The minimum atomic E-state index is 0.382. The van der Waals surface area contributed by atoms with Crippen molar-refractivity contribution in [1.29, 1.82) is 0 Å². The SMILES string of the molecule is NC1CC(=Cc2csnn2)C1. The van der Waals surface area contributed by atoms with E-state index in [1.165, 1.54) is 17.1 Å². The van der Waals surface area contributed by atoms with Crippen LogP contribution < -0.4 is 5.73 Å². The lowest BCUT2D eigenvalue weighted by Gasteiger charge is -2.24. The Morgan fingerprint density at radius 3 is 3.00 bits per heavy atom. The van der Waals surface area contributed by atoms with Gasteiger partial charge in [0.05, 0.1) is 5.69 Å². The molecule has 2 N–H and O–H groups in total. The molecule has 0 unspecified atom stereocenters. The Kier molecular flexibility index (Phi) is 1.71. The zero-order chi connectivity index (χ0) is 7.68. The second kappa shape index (κ2) is 2.71. The van der Waals surface area contributed by atoms with Crippen molar-refractivity contribution in [3.8, 4) is 0 Å². The van der Waals surface area contributed by atoms with Crippen molar-refractivity contribution in [2.75, 3.05) is 0 Å². The molecule has 1 heterocycles. The molecule has 11 heavy (non-hydrogen) atoms. The van der Waals surface area contributed by atoms with E-state index in [1.54, 1.807) is 0 Å². The molecule has 4 heteroatoms. The second-order valence-corrected chi connectivity index (χ2v) is 3.41. The van der Waals surface area contributed by atoms with Crippen LogP contribution in [0.3, 0.4) is 0 Å². The molecule has 3 nitrogen and oxygen atoms in total. The Balaban J connectivity index is 2.06. The molecule has 1 aromatic heterocycles. The van der Waals surface area contributed by atoms with Crippen LogP contribution in [0.1, 0.15) is 18.5 Å². The van der Waals surface area contributed by atoms with Crippen LogP contribution in [0, 0.1) is 0 Å². The molecule has 0 saturated heterocycles. The molecular weight excluding hydrogens is 158 g/mol. The standard InChI is InChI=1S/C7H9N3S/c8-6-1-5(2-6)3-7-4-11-10-9-7/h3-4,6H,1-2,8H2. The van der Waals surface area contributed by atoms with E-state index < -0.39 is 0 Å². The van der Waals surface area contributed by atoms with Gasteiger partial charge in [-0.05, 0) is 30.5 Å². The van der Waals surface area contributed by atoms with Crippen LogP contribution in [0.25, 0.3) is 6.08 Å². The highest BCUT2D eigenvalue weighted by Gasteiger charge is 2.18. The van der Waals surface area contributed by atoms with E-state index in [0.29, 0.717) is 6.04 Å². The number of rotatable bonds is 1. The van der Waals surface area contributed by atoms with Crippen molar-refractivity contribution in [3.63, 3.8) is 0 Å². The quantitative estimate of drug-likeness (QED) is 0.680. The third kappa shape index (κ3) is 1.46. The molecule has 1 aromatic rings. The lowest BCUT2D eigenvalue weighted by atomic mass is 9.87. The Hall–Kier alpha value is -0.740. The number of nitrogens with two attached hydrogens (primary N) is 1. The van der Waals surface area contributed by atoms with Crippen molar-refractivity contribution in [2.45, 2.75) is 18.9 Å². The fourth-order valence-corrected chi connectivity index (χ4v) is 1.59. The molecule has 0 atom stereocenters. The van der Waals surface area contributed by atoms with Gasteiger partial charge in [0.25, 0.3) is 0 Å². The van der Waals surface area contributed by atoms with Gasteiger partial charge in [-0.2, -0.15) is 0 Å². The van der Waals surface area contributed by atoms with E-state index >= 15 is 0 Å². The van der Waals surface area contributed by atoms with Crippen LogP contribution in [0.4, 0.5) is 0 Å². The van der Waals surface area contributed by atoms with Gasteiger partial charge in [0, 0.05) is 11.4 Å². The number of hydrogen-bond donors (Lipinski definition) is 1. The van der Waals surface area contributed by atoms with Gasteiger partial charge < -0.3 is 5.73 Å². The van der Waals surface area contributed by atoms with E-state index in [0.717, 1.165) is 18.5 Å². The van der Waals surface area contributed by atoms with E-state index in [1.807, 2.05) is 5.38 Å². The van der Waals surface area contributed by atoms with Gasteiger partial charge in [-0.25, -0.2) is 0 Å². The maximum atomic E-state index is 5.62. The van der Waals surface area contributed by atoms with Crippen LogP contribution in [-0.4, -0.2) is 15.6 Å². The maximum Gasteiger partial charge on any atom is 0.0981 e. The fraction of sp³-hybridized carbons (Fsp3) is 0.429. The molecule has 0 aromatic carbocycles. The third-order valence-corrected chi connectivity index (χ3v) is 2.30. The minimum absolute atomic E-state index is 0.382. The number of aromatic nitrogens is 2. The van der Waals surface area contributed by atoms with Gasteiger partial charge in [0.15, 0.2) is 0 Å². The lowest BCUT2D eigenvalue weighted by Crippen LogP contribution is -2.29. The molecule has 1 aliphatic carbocycles. The molecule has 0 bridgehead atoms. The summed E-state index contributed by atoms with van der Waals surface area (Å²) in [7, 11) is 0. The summed E-state index contributed by atoms with van der Waals surface area (Å²) in [6.45, 7) is 0. The van der Waals surface area contributed by atoms with Gasteiger partial charge in [0.2, 0.25) is 0 Å². The van der Waals surface area contributed by atoms with Crippen LogP contribution in [-0.2, 0) is 0 Å². The summed E-state index contributed by atoms with van der Waals surface area (Å²) in [6.07, 6.45) is 4.13. The number of nitrogens with zero attached hydrogens (tertiary/aromatic N) is 2. The van der Waals surface area contributed by atoms with Gasteiger partial charge in [-0.15, -0.1) is 5.10 Å². The minimum Gasteiger partial charge on any atom is -0.327 e. The Labute approximate surface area is 69.1 Å². The third-order valence-electron chi connectivity index (χ3n) is 1.78. The van der Waals surface area contributed by atoms with Gasteiger partial charge in [0.1, 0.15) is 0 Å². The molecule has 1 saturated carbocycles. The lowest BCUT2D eigenvalue weighted by molar-refractivity contribution is 0.547. The molecule has 58 valence electrons. The molecule has 0 amide bonds.